The molecule has 1 aromatic rings. The van der Waals surface area contributed by atoms with Crippen LogP contribution in [0.25, 0.3) is 0 Å². The largest absolute Gasteiger partial charge is 0.508 e. The lowest BCUT2D eigenvalue weighted by atomic mass is 9.85. The fraction of sp³-hybridized carbons (Fsp3) is 0.667. The maximum Gasteiger partial charge on any atom is 0.119 e. The highest BCUT2D eigenvalue weighted by molar-refractivity contribution is 5.47. The molecule has 0 saturated heterocycles. The fourth-order valence-corrected chi connectivity index (χ4v) is 2.52. The topological polar surface area (TPSA) is 40.5 Å². The molecule has 0 radical (unpaired) electrons. The van der Waals surface area contributed by atoms with Crippen molar-refractivity contribution in [1.82, 2.24) is 0 Å². The minimum absolute atomic E-state index is 0.153. The van der Waals surface area contributed by atoms with Gasteiger partial charge in [0.1, 0.15) is 11.5 Å². The van der Waals surface area contributed by atoms with E-state index in [2.05, 4.69) is 6.92 Å². The van der Waals surface area contributed by atoms with E-state index in [0.29, 0.717) is 11.5 Å². The highest BCUT2D eigenvalue weighted by Crippen LogP contribution is 2.36. The number of hydrogen-bond donors (Lipinski definition) is 2. The highest BCUT2D eigenvalue weighted by Gasteiger charge is 2.20. The third-order valence-electron chi connectivity index (χ3n) is 3.80. The molecule has 2 N–H and O–H groups in total. The average Bonchev–Trinajstić information content (AvgIpc) is 2.35. The number of phenolic OH excluding ortho intramolecular Hbond substituents is 2. The Morgan fingerprint density at radius 2 is 1.45 bits per heavy atom. The molecule has 0 atom stereocenters. The maximum absolute atomic E-state index is 10.1. The first-order valence-electron chi connectivity index (χ1n) is 7.91. The Morgan fingerprint density at radius 3 is 2.05 bits per heavy atom. The summed E-state index contributed by atoms with van der Waals surface area (Å²) in [6.45, 7) is 8.33. The summed E-state index contributed by atoms with van der Waals surface area (Å²) in [5, 5.41) is 20.2. The third-order valence-corrected chi connectivity index (χ3v) is 3.80. The van der Waals surface area contributed by atoms with Crippen molar-refractivity contribution in [2.45, 2.75) is 78.1 Å². The van der Waals surface area contributed by atoms with Crippen molar-refractivity contribution in [3.63, 3.8) is 0 Å². The van der Waals surface area contributed by atoms with E-state index in [1.165, 1.54) is 32.1 Å². The highest BCUT2D eigenvalue weighted by atomic mass is 16.3. The lowest BCUT2D eigenvalue weighted by Gasteiger charge is -2.21. The quantitative estimate of drug-likeness (QED) is 0.525. The standard InChI is InChI=1S/C18H30O2/c1-5-6-7-8-9-10-11-14-12-17(20)15(13-16(14)19)18(2,3)4/h12-13,19-20H,5-11H2,1-4H3. The van der Waals surface area contributed by atoms with Crippen molar-refractivity contribution in [2.24, 2.45) is 0 Å². The molecule has 2 nitrogen and oxygen atoms in total. The summed E-state index contributed by atoms with van der Waals surface area (Å²) in [5.74, 6) is 0.623. The molecule has 0 aliphatic heterocycles. The predicted molar refractivity (Wildman–Crippen MR) is 85.6 cm³/mol. The summed E-state index contributed by atoms with van der Waals surface area (Å²) in [5.41, 5.74) is 1.52. The van der Waals surface area contributed by atoms with E-state index >= 15 is 0 Å². The molecule has 0 aliphatic rings. The SMILES string of the molecule is CCCCCCCCc1cc(O)c(C(C)(C)C)cc1O. The van der Waals surface area contributed by atoms with E-state index in [9.17, 15) is 10.2 Å². The van der Waals surface area contributed by atoms with Crippen LogP contribution in [-0.4, -0.2) is 10.2 Å². The predicted octanol–water partition coefficient (Wildman–Crippen LogP) is 5.30. The van der Waals surface area contributed by atoms with Crippen LogP contribution in [0.3, 0.4) is 0 Å². The molecule has 114 valence electrons. The third kappa shape index (κ3) is 5.07. The second-order valence-corrected chi connectivity index (χ2v) is 6.77. The summed E-state index contributed by atoms with van der Waals surface area (Å²) < 4.78 is 0. The molecule has 0 aliphatic carbocycles. The molecule has 1 aromatic carbocycles. The van der Waals surface area contributed by atoms with Crippen molar-refractivity contribution < 1.29 is 10.2 Å². The van der Waals surface area contributed by atoms with Gasteiger partial charge in [-0.05, 0) is 36.0 Å². The Hall–Kier alpha value is -1.18. The van der Waals surface area contributed by atoms with E-state index in [0.717, 1.165) is 24.0 Å². The van der Waals surface area contributed by atoms with Crippen molar-refractivity contribution in [2.75, 3.05) is 0 Å². The van der Waals surface area contributed by atoms with Crippen LogP contribution in [0.1, 0.15) is 77.3 Å². The van der Waals surface area contributed by atoms with Crippen LogP contribution in [0.5, 0.6) is 11.5 Å². The first-order valence-corrected chi connectivity index (χ1v) is 7.91. The lowest BCUT2D eigenvalue weighted by molar-refractivity contribution is 0.430. The zero-order chi connectivity index (χ0) is 15.2. The van der Waals surface area contributed by atoms with E-state index in [4.69, 9.17) is 0 Å². The zero-order valence-corrected chi connectivity index (χ0v) is 13.5. The number of unbranched alkanes of at least 4 members (excludes halogenated alkanes) is 5. The van der Waals surface area contributed by atoms with Crippen molar-refractivity contribution in [3.8, 4) is 11.5 Å². The average molecular weight is 278 g/mol. The molecule has 0 bridgehead atoms. The van der Waals surface area contributed by atoms with Crippen LogP contribution >= 0.6 is 0 Å². The van der Waals surface area contributed by atoms with Crippen LogP contribution < -0.4 is 0 Å². The Bertz CT molecular complexity index is 416. The Morgan fingerprint density at radius 1 is 0.850 bits per heavy atom. The molecule has 0 heterocycles. The Balaban J connectivity index is 2.58. The van der Waals surface area contributed by atoms with Gasteiger partial charge in [-0.25, -0.2) is 0 Å². The normalized spacial score (nSPS) is 11.8. The minimum Gasteiger partial charge on any atom is -0.508 e. The lowest BCUT2D eigenvalue weighted by Crippen LogP contribution is -2.11. The van der Waals surface area contributed by atoms with Gasteiger partial charge in [0.2, 0.25) is 0 Å². The van der Waals surface area contributed by atoms with Gasteiger partial charge in [0.05, 0.1) is 0 Å². The molecule has 20 heavy (non-hydrogen) atoms. The molecule has 0 fully saturated rings. The van der Waals surface area contributed by atoms with Gasteiger partial charge < -0.3 is 10.2 Å². The Kier molecular flexibility index (Phi) is 6.38. The van der Waals surface area contributed by atoms with E-state index < -0.39 is 0 Å². The van der Waals surface area contributed by atoms with E-state index in [-0.39, 0.29) is 5.41 Å². The summed E-state index contributed by atoms with van der Waals surface area (Å²) >= 11 is 0. The monoisotopic (exact) mass is 278 g/mol. The van der Waals surface area contributed by atoms with Gasteiger partial charge >= 0.3 is 0 Å². The zero-order valence-electron chi connectivity index (χ0n) is 13.5. The van der Waals surface area contributed by atoms with E-state index in [1.807, 2.05) is 20.8 Å². The number of hydrogen-bond acceptors (Lipinski definition) is 2. The number of aryl methyl sites for hydroxylation is 1. The Labute approximate surface area is 123 Å². The van der Waals surface area contributed by atoms with Gasteiger partial charge in [-0.1, -0.05) is 59.8 Å². The number of benzene rings is 1. The summed E-state index contributed by atoms with van der Waals surface area (Å²) in [6.07, 6.45) is 8.26. The molecule has 0 aromatic heterocycles. The number of rotatable bonds is 7. The number of aromatic hydroxyl groups is 2. The van der Waals surface area contributed by atoms with Crippen molar-refractivity contribution in [1.29, 1.82) is 0 Å². The second kappa shape index (κ2) is 7.56. The van der Waals surface area contributed by atoms with Gasteiger partial charge in [0.25, 0.3) is 0 Å². The number of phenols is 2. The molecule has 1 rings (SSSR count). The van der Waals surface area contributed by atoms with Crippen LogP contribution in [0.4, 0.5) is 0 Å². The van der Waals surface area contributed by atoms with Crippen molar-refractivity contribution >= 4 is 0 Å². The molecular formula is C18H30O2. The smallest absolute Gasteiger partial charge is 0.119 e. The molecule has 0 saturated carbocycles. The van der Waals surface area contributed by atoms with Crippen LogP contribution in [0.15, 0.2) is 12.1 Å². The van der Waals surface area contributed by atoms with E-state index in [1.54, 1.807) is 12.1 Å². The second-order valence-electron chi connectivity index (χ2n) is 6.77. The molecule has 0 amide bonds. The summed E-state index contributed by atoms with van der Waals surface area (Å²) in [6, 6.07) is 3.46. The molecule has 0 spiro atoms. The van der Waals surface area contributed by atoms with Crippen molar-refractivity contribution in [3.05, 3.63) is 23.3 Å². The minimum atomic E-state index is -0.153. The van der Waals surface area contributed by atoms with Gasteiger partial charge in [0, 0.05) is 5.56 Å². The van der Waals surface area contributed by atoms with Crippen LogP contribution in [-0.2, 0) is 11.8 Å². The summed E-state index contributed by atoms with van der Waals surface area (Å²) in [7, 11) is 0. The van der Waals surface area contributed by atoms with Gasteiger partial charge in [-0.2, -0.15) is 0 Å². The van der Waals surface area contributed by atoms with Gasteiger partial charge in [-0.3, -0.25) is 0 Å². The molecular weight excluding hydrogens is 248 g/mol. The van der Waals surface area contributed by atoms with Crippen LogP contribution in [0.2, 0.25) is 0 Å². The molecule has 2 heteroatoms. The van der Waals surface area contributed by atoms with Gasteiger partial charge in [-0.15, -0.1) is 0 Å². The fourth-order valence-electron chi connectivity index (χ4n) is 2.52. The van der Waals surface area contributed by atoms with Crippen LogP contribution in [0, 0.1) is 0 Å². The first kappa shape index (κ1) is 16.9. The first-order chi connectivity index (χ1) is 9.36. The maximum atomic E-state index is 10.1. The molecule has 0 unspecified atom stereocenters. The summed E-state index contributed by atoms with van der Waals surface area (Å²) in [4.78, 5) is 0. The van der Waals surface area contributed by atoms with Gasteiger partial charge in [0.15, 0.2) is 0 Å².